The monoisotopic (exact) mass is 656 g/mol. The number of aryl methyl sites for hydroxylation is 4. The fourth-order valence-corrected chi connectivity index (χ4v) is 6.58. The van der Waals surface area contributed by atoms with Crippen LogP contribution in [0.2, 0.25) is 0 Å². The molecule has 3 aromatic heterocycles. The molecule has 0 unspecified atom stereocenters. The van der Waals surface area contributed by atoms with Gasteiger partial charge in [-0.1, -0.05) is 0 Å². The summed E-state index contributed by atoms with van der Waals surface area (Å²) in [5.74, 6) is -3.69. The molecule has 12 heteroatoms. The van der Waals surface area contributed by atoms with Crippen molar-refractivity contribution in [2.75, 3.05) is 0 Å². The highest BCUT2D eigenvalue weighted by Crippen LogP contribution is 2.35. The average Bonchev–Trinajstić information content (AvgIpc) is 3.66. The van der Waals surface area contributed by atoms with Crippen LogP contribution in [0.25, 0.3) is 44.4 Å². The van der Waals surface area contributed by atoms with E-state index in [9.17, 15) is 39.6 Å². The van der Waals surface area contributed by atoms with Crippen LogP contribution in [0.1, 0.15) is 97.4 Å². The maximum Gasteiger partial charge on any atom is 0.303 e. The molecule has 250 valence electrons. The molecule has 5 rings (SSSR count). The van der Waals surface area contributed by atoms with E-state index in [1.807, 2.05) is 52.0 Å². The first-order valence-corrected chi connectivity index (χ1v) is 15.8. The summed E-state index contributed by atoms with van der Waals surface area (Å²) >= 11 is 0. The number of carboxylic acid groups (broad SMARTS) is 4. The van der Waals surface area contributed by atoms with Crippen LogP contribution in [0.3, 0.4) is 0 Å². The van der Waals surface area contributed by atoms with Gasteiger partial charge in [0.05, 0.1) is 6.07 Å². The lowest BCUT2D eigenvalue weighted by molar-refractivity contribution is -0.388. The summed E-state index contributed by atoms with van der Waals surface area (Å²) in [5, 5.41) is 38.0. The smallest absolute Gasteiger partial charge is 0.303 e. The summed E-state index contributed by atoms with van der Waals surface area (Å²) in [4.78, 5) is 60.3. The van der Waals surface area contributed by atoms with Gasteiger partial charge < -0.3 is 30.4 Å². The number of aromatic amines is 4. The molecule has 3 aromatic rings. The molecule has 0 radical (unpaired) electrons. The van der Waals surface area contributed by atoms with Crippen LogP contribution < -0.4 is 9.97 Å². The molecule has 8 bridgehead atoms. The zero-order chi connectivity index (χ0) is 34.9. The quantitative estimate of drug-likeness (QED) is 0.148. The van der Waals surface area contributed by atoms with Gasteiger partial charge in [-0.05, 0) is 81.7 Å². The van der Waals surface area contributed by atoms with Crippen molar-refractivity contribution in [3.63, 3.8) is 0 Å². The van der Waals surface area contributed by atoms with Crippen LogP contribution in [0, 0.1) is 13.8 Å². The zero-order valence-electron chi connectivity index (χ0n) is 27.4. The molecule has 0 spiro atoms. The number of fused-ring (bicyclic) bond motifs is 8. The molecule has 0 fully saturated rings. The van der Waals surface area contributed by atoms with Gasteiger partial charge in [0.1, 0.15) is 0 Å². The Kier molecular flexibility index (Phi) is 9.64. The van der Waals surface area contributed by atoms with Crippen molar-refractivity contribution in [1.29, 1.82) is 0 Å². The second-order valence-corrected chi connectivity index (χ2v) is 12.4. The van der Waals surface area contributed by atoms with Crippen LogP contribution in [0.4, 0.5) is 0 Å². The number of hydrogen-bond acceptors (Lipinski definition) is 4. The Labute approximate surface area is 275 Å². The lowest BCUT2D eigenvalue weighted by Gasteiger charge is -2.00. The Morgan fingerprint density at radius 3 is 1.31 bits per heavy atom. The number of carboxylic acids is 4. The fourth-order valence-electron chi connectivity index (χ4n) is 6.58. The van der Waals surface area contributed by atoms with E-state index in [4.69, 9.17) is 0 Å². The molecule has 0 aliphatic carbocycles. The van der Waals surface area contributed by atoms with Crippen LogP contribution in [-0.2, 0) is 32.0 Å². The van der Waals surface area contributed by atoms with E-state index < -0.39 is 23.9 Å². The summed E-state index contributed by atoms with van der Waals surface area (Å²) < 4.78 is 0. The number of aliphatic carboxylic acids is 4. The van der Waals surface area contributed by atoms with Crippen molar-refractivity contribution >= 4 is 68.2 Å². The maximum absolute atomic E-state index is 11.6. The van der Waals surface area contributed by atoms with Crippen LogP contribution in [0.15, 0.2) is 24.3 Å². The summed E-state index contributed by atoms with van der Waals surface area (Å²) in [6, 6.07) is 7.67. The van der Waals surface area contributed by atoms with Crippen LogP contribution in [0.5, 0.6) is 0 Å². The summed E-state index contributed by atoms with van der Waals surface area (Å²) in [5.41, 5.74) is 12.5. The molecule has 8 N–H and O–H groups in total. The highest BCUT2D eigenvalue weighted by atomic mass is 16.4. The van der Waals surface area contributed by atoms with Gasteiger partial charge in [-0.2, -0.15) is 0 Å². The van der Waals surface area contributed by atoms with Gasteiger partial charge in [0.25, 0.3) is 0 Å². The van der Waals surface area contributed by atoms with Gasteiger partial charge in [-0.3, -0.25) is 19.2 Å². The molecule has 0 amide bonds. The number of hydrogen-bond donors (Lipinski definition) is 6. The minimum atomic E-state index is -0.922. The van der Waals surface area contributed by atoms with Gasteiger partial charge >= 0.3 is 23.9 Å². The number of carbonyl (C=O) groups is 4. The first kappa shape index (κ1) is 33.8. The van der Waals surface area contributed by atoms with E-state index in [0.29, 0.717) is 22.4 Å². The maximum atomic E-state index is 11.6. The molecule has 12 nitrogen and oxygen atoms in total. The Morgan fingerprint density at radius 1 is 0.500 bits per heavy atom. The van der Waals surface area contributed by atoms with E-state index in [1.165, 1.54) is 0 Å². The molecular formula is C36H40N4O8+2. The van der Waals surface area contributed by atoms with Gasteiger partial charge in [0.2, 0.25) is 22.8 Å². The SMILES string of the molecule is CC1=C(CCC(=O)O)c2cc3[nH+]c(cc4[nH]c(cc5[nH]c(cc1[nH+]2)c(CCC(=O)O)c5C)c(CCC(=O)O)c4C)C(CCC(=O)O)=C3C. The van der Waals surface area contributed by atoms with Crippen molar-refractivity contribution < 1.29 is 49.6 Å². The largest absolute Gasteiger partial charge is 0.481 e. The average molecular weight is 657 g/mol. The second-order valence-electron chi connectivity index (χ2n) is 12.4. The fraction of sp³-hybridized carbons (Fsp3) is 0.333. The predicted octanol–water partition coefficient (Wildman–Crippen LogP) is 5.40. The molecule has 0 aromatic carbocycles. The number of aromatic nitrogens is 4. The molecule has 0 saturated carbocycles. The summed E-state index contributed by atoms with van der Waals surface area (Å²) in [7, 11) is 0. The molecular weight excluding hydrogens is 616 g/mol. The lowest BCUT2D eigenvalue weighted by atomic mass is 9.98. The highest BCUT2D eigenvalue weighted by molar-refractivity contribution is 5.93. The molecule has 0 atom stereocenters. The summed E-state index contributed by atoms with van der Waals surface area (Å²) in [6.07, 6.45) is 0.811. The molecule has 0 saturated heterocycles. The number of H-pyrrole nitrogens is 4. The second kappa shape index (κ2) is 13.7. The minimum absolute atomic E-state index is 0.0748. The van der Waals surface area contributed by atoms with Crippen molar-refractivity contribution in [2.24, 2.45) is 0 Å². The Hall–Kier alpha value is -5.52. The van der Waals surface area contributed by atoms with E-state index in [1.54, 1.807) is 0 Å². The van der Waals surface area contributed by atoms with Crippen LogP contribution in [-0.4, -0.2) is 54.3 Å². The van der Waals surface area contributed by atoms with Gasteiger partial charge in [-0.15, -0.1) is 0 Å². The highest BCUT2D eigenvalue weighted by Gasteiger charge is 2.29. The Balaban J connectivity index is 1.91. The van der Waals surface area contributed by atoms with Crippen molar-refractivity contribution in [3.8, 4) is 0 Å². The van der Waals surface area contributed by atoms with E-state index in [2.05, 4.69) is 19.9 Å². The summed E-state index contributed by atoms with van der Waals surface area (Å²) in [6.45, 7) is 7.67. The third kappa shape index (κ3) is 7.07. The molecule has 2 aliphatic heterocycles. The van der Waals surface area contributed by atoms with E-state index >= 15 is 0 Å². The molecule has 48 heavy (non-hydrogen) atoms. The van der Waals surface area contributed by atoms with Crippen LogP contribution >= 0.6 is 0 Å². The normalized spacial score (nSPS) is 12.9. The van der Waals surface area contributed by atoms with E-state index in [-0.39, 0.29) is 51.4 Å². The van der Waals surface area contributed by atoms with Gasteiger partial charge in [0.15, 0.2) is 0 Å². The Morgan fingerprint density at radius 2 is 0.854 bits per heavy atom. The number of nitrogens with one attached hydrogen (secondary N) is 4. The van der Waals surface area contributed by atoms with Crippen molar-refractivity contribution in [2.45, 2.75) is 79.1 Å². The lowest BCUT2D eigenvalue weighted by Crippen LogP contribution is -2.11. The molecule has 5 heterocycles. The predicted molar refractivity (Wildman–Crippen MR) is 179 cm³/mol. The first-order chi connectivity index (χ1) is 22.7. The third-order valence-corrected chi connectivity index (χ3v) is 9.31. The Bertz CT molecular complexity index is 2100. The zero-order valence-corrected chi connectivity index (χ0v) is 27.4. The van der Waals surface area contributed by atoms with Gasteiger partial charge in [-0.25, -0.2) is 9.97 Å². The van der Waals surface area contributed by atoms with Crippen molar-refractivity contribution in [3.05, 3.63) is 69.3 Å². The molecule has 2 aliphatic rings. The van der Waals surface area contributed by atoms with E-state index in [0.717, 1.165) is 67.0 Å². The topological polar surface area (TPSA) is 209 Å². The minimum Gasteiger partial charge on any atom is -0.481 e. The van der Waals surface area contributed by atoms with Crippen molar-refractivity contribution in [1.82, 2.24) is 9.97 Å². The number of allylic oxidation sites excluding steroid dienone is 4. The standard InChI is InChI=1S/C36H38N4O8/c1-17-21(5-9-33(41)42)29-14-26-19(3)23(7-11-35(45)46)31(39-26)16-28-20(4)24(8-12-36(47)48)32(40-28)15-27-18(2)22(6-10-34(43)44)30(38-27)13-25(17)37-29/h13-16,37-38H,5-12H2,1-4H3,(H,41,42)(H,43,44)(H,45,46)(H,47,48)/p+2. The van der Waals surface area contributed by atoms with Gasteiger partial charge in [0, 0.05) is 82.2 Å². The first-order valence-electron chi connectivity index (χ1n) is 15.8. The third-order valence-electron chi connectivity index (χ3n) is 9.31. The number of rotatable bonds is 12.